The summed E-state index contributed by atoms with van der Waals surface area (Å²) < 4.78 is 0. The van der Waals surface area contributed by atoms with Crippen LogP contribution in [0.3, 0.4) is 0 Å². The Hall–Kier alpha value is -2.38. The molecule has 2 aliphatic carbocycles. The molecule has 5 rings (SSSR count). The van der Waals surface area contributed by atoms with Gasteiger partial charge in [0.15, 0.2) is 9.75 Å². The van der Waals surface area contributed by atoms with Gasteiger partial charge in [0.1, 0.15) is 5.75 Å². The van der Waals surface area contributed by atoms with Crippen molar-refractivity contribution in [1.29, 1.82) is 0 Å². The summed E-state index contributed by atoms with van der Waals surface area (Å²) in [6, 6.07) is 6.20. The number of phenolic OH excluding ortho intramolecular Hbond substituents is 1. The summed E-state index contributed by atoms with van der Waals surface area (Å²) in [6.07, 6.45) is 2.18. The lowest BCUT2D eigenvalue weighted by Crippen LogP contribution is -2.60. The van der Waals surface area contributed by atoms with Crippen LogP contribution in [0.4, 0.5) is 0 Å². The number of phenols is 1. The molecule has 2 aliphatic heterocycles. The van der Waals surface area contributed by atoms with E-state index in [1.165, 1.54) is 19.2 Å². The summed E-state index contributed by atoms with van der Waals surface area (Å²) in [5, 5.41) is 12.1. The summed E-state index contributed by atoms with van der Waals surface area (Å²) in [6.45, 7) is 0. The highest BCUT2D eigenvalue weighted by atomic mass is 35.5. The van der Waals surface area contributed by atoms with Gasteiger partial charge in [-0.3, -0.25) is 29.4 Å². The van der Waals surface area contributed by atoms with Gasteiger partial charge >= 0.3 is 0 Å². The molecule has 3 fully saturated rings. The van der Waals surface area contributed by atoms with Gasteiger partial charge in [0.2, 0.25) is 11.8 Å². The third-order valence-corrected chi connectivity index (χ3v) is 8.50. The number of carbonyl (C=O) groups is 4. The summed E-state index contributed by atoms with van der Waals surface area (Å²) in [5.74, 6) is -4.40. The molecule has 0 spiro atoms. The topological polar surface area (TPSA) is 104 Å². The Morgan fingerprint density at radius 3 is 2.37 bits per heavy atom. The van der Waals surface area contributed by atoms with Crippen molar-refractivity contribution >= 4 is 46.8 Å². The molecule has 9 heteroatoms. The number of carbonyl (C=O) groups excluding carboxylic acids is 4. The van der Waals surface area contributed by atoms with E-state index < -0.39 is 51.1 Å². The van der Waals surface area contributed by atoms with Crippen LogP contribution in [0.25, 0.3) is 0 Å². The number of alkyl halides is 2. The minimum atomic E-state index is -1.79. The van der Waals surface area contributed by atoms with E-state index in [0.717, 1.165) is 10.5 Å². The number of imide groups is 2. The van der Waals surface area contributed by atoms with Crippen molar-refractivity contribution in [2.24, 2.45) is 17.8 Å². The van der Waals surface area contributed by atoms with Crippen molar-refractivity contribution < 1.29 is 24.3 Å². The molecule has 4 aliphatic rings. The van der Waals surface area contributed by atoms with Crippen molar-refractivity contribution in [3.63, 3.8) is 0 Å². The second-order valence-corrected chi connectivity index (χ2v) is 9.68. The van der Waals surface area contributed by atoms with Gasteiger partial charge in [-0.15, -0.1) is 23.2 Å². The van der Waals surface area contributed by atoms with Crippen LogP contribution in [0.2, 0.25) is 0 Å². The highest BCUT2D eigenvalue weighted by molar-refractivity contribution is 6.53. The maximum Gasteiger partial charge on any atom is 0.253 e. The Morgan fingerprint density at radius 2 is 1.70 bits per heavy atom. The van der Waals surface area contributed by atoms with Crippen molar-refractivity contribution in [1.82, 2.24) is 10.2 Å². The Kier molecular flexibility index (Phi) is 3.97. The number of rotatable bonds is 1. The average molecular weight is 449 g/mol. The SMILES string of the molecule is CN1C(=O)C2(Cl)CC3C(=CCC4C(=O)NC(=O)C43)C(c3ccc(O)cc3)C2(Cl)C1=O. The Morgan fingerprint density at radius 1 is 1.03 bits per heavy atom. The number of hydrogen-bond acceptors (Lipinski definition) is 5. The minimum absolute atomic E-state index is 0.0186. The van der Waals surface area contributed by atoms with Gasteiger partial charge in [0.25, 0.3) is 11.8 Å². The summed E-state index contributed by atoms with van der Waals surface area (Å²) >= 11 is 13.9. The van der Waals surface area contributed by atoms with Gasteiger partial charge < -0.3 is 5.11 Å². The lowest BCUT2D eigenvalue weighted by Gasteiger charge is -2.50. The maximum absolute atomic E-state index is 13.2. The lowest BCUT2D eigenvalue weighted by molar-refractivity contribution is -0.138. The predicted octanol–water partition coefficient (Wildman–Crippen LogP) is 1.67. The van der Waals surface area contributed by atoms with E-state index in [1.807, 2.05) is 6.08 Å². The number of allylic oxidation sites excluding steroid dienone is 2. The van der Waals surface area contributed by atoms with Gasteiger partial charge in [-0.2, -0.15) is 0 Å². The number of benzene rings is 1. The standard InChI is InChI=1S/C21H18Cl2N2O5/c1-25-18(29)20(22)8-13-11(6-7-12-14(13)17(28)24-16(12)27)15(21(20,23)19(25)30)9-2-4-10(26)5-3-9/h2-6,12-15,26H,7-8H2,1H3,(H,24,27,28). The molecule has 156 valence electrons. The molecule has 7 nitrogen and oxygen atoms in total. The fraction of sp³-hybridized carbons (Fsp3) is 0.429. The van der Waals surface area contributed by atoms with E-state index in [4.69, 9.17) is 23.2 Å². The number of nitrogens with zero attached hydrogens (tertiary/aromatic N) is 1. The first-order chi connectivity index (χ1) is 14.1. The summed E-state index contributed by atoms with van der Waals surface area (Å²) in [7, 11) is 1.35. The zero-order valence-electron chi connectivity index (χ0n) is 15.9. The molecular formula is C21H18Cl2N2O5. The first-order valence-corrected chi connectivity index (χ1v) is 10.4. The zero-order valence-corrected chi connectivity index (χ0v) is 17.4. The second-order valence-electron chi connectivity index (χ2n) is 8.44. The molecule has 6 unspecified atom stereocenters. The van der Waals surface area contributed by atoms with Crippen LogP contribution >= 0.6 is 23.2 Å². The average Bonchev–Trinajstić information content (AvgIpc) is 3.07. The quantitative estimate of drug-likeness (QED) is 0.386. The normalized spacial score (nSPS) is 40.0. The van der Waals surface area contributed by atoms with Crippen LogP contribution in [0.15, 0.2) is 35.9 Å². The monoisotopic (exact) mass is 448 g/mol. The van der Waals surface area contributed by atoms with Gasteiger partial charge in [0.05, 0.1) is 11.8 Å². The van der Waals surface area contributed by atoms with E-state index in [-0.39, 0.29) is 18.1 Å². The molecule has 6 atom stereocenters. The van der Waals surface area contributed by atoms with Gasteiger partial charge in [-0.1, -0.05) is 23.8 Å². The highest BCUT2D eigenvalue weighted by Gasteiger charge is 2.75. The second kappa shape index (κ2) is 6.08. The fourth-order valence-corrected chi connectivity index (χ4v) is 6.72. The molecule has 1 aromatic carbocycles. The van der Waals surface area contributed by atoms with Crippen molar-refractivity contribution in [3.05, 3.63) is 41.5 Å². The molecule has 1 saturated carbocycles. The number of nitrogens with one attached hydrogen (secondary N) is 1. The van der Waals surface area contributed by atoms with Crippen molar-refractivity contribution in [2.45, 2.75) is 28.5 Å². The largest absolute Gasteiger partial charge is 0.508 e. The van der Waals surface area contributed by atoms with Gasteiger partial charge in [0, 0.05) is 13.0 Å². The molecule has 4 amide bonds. The molecule has 0 radical (unpaired) electrons. The van der Waals surface area contributed by atoms with E-state index in [2.05, 4.69) is 5.32 Å². The summed E-state index contributed by atoms with van der Waals surface area (Å²) in [4.78, 5) is 48.6. The maximum atomic E-state index is 13.2. The molecule has 2 N–H and O–H groups in total. The molecule has 2 saturated heterocycles. The number of fused-ring (bicyclic) bond motifs is 4. The third kappa shape index (κ3) is 2.17. The van der Waals surface area contributed by atoms with Crippen molar-refractivity contribution in [2.75, 3.05) is 7.05 Å². The van der Waals surface area contributed by atoms with E-state index in [9.17, 15) is 24.3 Å². The van der Waals surface area contributed by atoms with Gasteiger partial charge in [-0.25, -0.2) is 0 Å². The lowest BCUT2D eigenvalue weighted by atomic mass is 9.56. The number of halogens is 2. The van der Waals surface area contributed by atoms with Crippen LogP contribution in [-0.2, 0) is 19.2 Å². The van der Waals surface area contributed by atoms with Crippen LogP contribution in [0.1, 0.15) is 24.3 Å². The van der Waals surface area contributed by atoms with Crippen LogP contribution in [-0.4, -0.2) is 50.4 Å². The van der Waals surface area contributed by atoms with E-state index >= 15 is 0 Å². The summed E-state index contributed by atoms with van der Waals surface area (Å²) in [5.41, 5.74) is 1.33. The molecular weight excluding hydrogens is 431 g/mol. The number of hydrogen-bond donors (Lipinski definition) is 2. The Labute approximate surface area is 182 Å². The van der Waals surface area contributed by atoms with Crippen LogP contribution < -0.4 is 5.32 Å². The van der Waals surface area contributed by atoms with Gasteiger partial charge in [-0.05, 0) is 36.5 Å². The Bertz CT molecular complexity index is 1050. The third-order valence-electron chi connectivity index (χ3n) is 7.08. The first-order valence-electron chi connectivity index (χ1n) is 9.65. The number of aromatic hydroxyl groups is 1. The first kappa shape index (κ1) is 19.6. The van der Waals surface area contributed by atoms with Crippen molar-refractivity contribution in [3.8, 4) is 5.75 Å². The molecule has 2 heterocycles. The van der Waals surface area contributed by atoms with E-state index in [1.54, 1.807) is 12.1 Å². The molecule has 30 heavy (non-hydrogen) atoms. The zero-order chi connectivity index (χ0) is 21.6. The van der Waals surface area contributed by atoms with Crippen LogP contribution in [0.5, 0.6) is 5.75 Å². The van der Waals surface area contributed by atoms with E-state index in [0.29, 0.717) is 12.0 Å². The molecule has 0 aromatic heterocycles. The Balaban J connectivity index is 1.75. The highest BCUT2D eigenvalue weighted by Crippen LogP contribution is 2.64. The molecule has 1 aromatic rings. The fourth-order valence-electron chi connectivity index (χ4n) is 5.70. The van der Waals surface area contributed by atoms with Crippen LogP contribution in [0, 0.1) is 17.8 Å². The smallest absolute Gasteiger partial charge is 0.253 e. The molecule has 0 bridgehead atoms. The number of likely N-dealkylation sites (tertiary alicyclic amines) is 1. The number of amides is 4. The predicted molar refractivity (Wildman–Crippen MR) is 107 cm³/mol. The minimum Gasteiger partial charge on any atom is -0.508 e.